The van der Waals surface area contributed by atoms with Gasteiger partial charge < -0.3 is 14.7 Å². The second-order valence-corrected chi connectivity index (χ2v) is 6.07. The van der Waals surface area contributed by atoms with Crippen molar-refractivity contribution < 1.29 is 14.8 Å². The van der Waals surface area contributed by atoms with Crippen molar-refractivity contribution in [2.75, 3.05) is 24.7 Å². The van der Waals surface area contributed by atoms with Gasteiger partial charge in [0.2, 0.25) is 0 Å². The van der Waals surface area contributed by atoms with Crippen molar-refractivity contribution in [1.82, 2.24) is 0 Å². The molecule has 0 amide bonds. The van der Waals surface area contributed by atoms with Crippen LogP contribution in [-0.2, 0) is 4.74 Å². The Morgan fingerprint density at radius 2 is 2.26 bits per heavy atom. The van der Waals surface area contributed by atoms with Gasteiger partial charge in [-0.15, -0.1) is 0 Å². The van der Waals surface area contributed by atoms with Crippen molar-refractivity contribution in [2.45, 2.75) is 31.4 Å². The molecule has 122 valence electrons. The van der Waals surface area contributed by atoms with Crippen LogP contribution >= 0.6 is 0 Å². The number of ether oxygens (including phenoxy) is 1. The number of rotatable bonds is 3. The van der Waals surface area contributed by atoms with E-state index in [1.54, 1.807) is 6.07 Å². The number of nitrogens with zero attached hydrogens (tertiary/aromatic N) is 3. The highest BCUT2D eigenvalue weighted by molar-refractivity contribution is 5.63. The molecule has 1 aromatic rings. The Morgan fingerprint density at radius 3 is 2.91 bits per heavy atom. The van der Waals surface area contributed by atoms with Crippen LogP contribution in [0.15, 0.2) is 18.2 Å². The maximum absolute atomic E-state index is 10.9. The zero-order valence-corrected chi connectivity index (χ0v) is 12.7. The number of nitro benzene ring substituents is 1. The summed E-state index contributed by atoms with van der Waals surface area (Å²) in [5, 5.41) is 30.5. The number of morpholine rings is 1. The van der Waals surface area contributed by atoms with Gasteiger partial charge in [-0.1, -0.05) is 6.42 Å². The molecule has 0 radical (unpaired) electrons. The Kier molecular flexibility index (Phi) is 4.46. The van der Waals surface area contributed by atoms with E-state index in [4.69, 9.17) is 4.74 Å². The second kappa shape index (κ2) is 6.52. The van der Waals surface area contributed by atoms with Crippen molar-refractivity contribution in [3.63, 3.8) is 0 Å². The van der Waals surface area contributed by atoms with Gasteiger partial charge in [0.25, 0.3) is 5.69 Å². The lowest BCUT2D eigenvalue weighted by atomic mass is 9.93. The first-order valence-electron chi connectivity index (χ1n) is 7.83. The van der Waals surface area contributed by atoms with Gasteiger partial charge in [0.05, 0.1) is 41.5 Å². The Morgan fingerprint density at radius 1 is 1.43 bits per heavy atom. The van der Waals surface area contributed by atoms with E-state index in [1.807, 2.05) is 0 Å². The summed E-state index contributed by atoms with van der Waals surface area (Å²) in [7, 11) is 0. The van der Waals surface area contributed by atoms with E-state index < -0.39 is 4.92 Å². The van der Waals surface area contributed by atoms with Crippen LogP contribution in [0.1, 0.15) is 24.8 Å². The minimum absolute atomic E-state index is 0.00481. The maximum Gasteiger partial charge on any atom is 0.270 e. The molecule has 1 heterocycles. The number of aliphatic hydroxyl groups excluding tert-OH is 1. The number of anilines is 1. The summed E-state index contributed by atoms with van der Waals surface area (Å²) in [6.45, 7) is 1.66. The Hall–Kier alpha value is -2.17. The lowest BCUT2D eigenvalue weighted by Gasteiger charge is -2.41. The summed E-state index contributed by atoms with van der Waals surface area (Å²) in [5.74, 6) is 0.108. The minimum Gasteiger partial charge on any atom is -0.393 e. The van der Waals surface area contributed by atoms with Crippen molar-refractivity contribution in [2.24, 2.45) is 5.92 Å². The predicted octanol–water partition coefficient (Wildman–Crippen LogP) is 1.83. The van der Waals surface area contributed by atoms with Crippen LogP contribution < -0.4 is 4.90 Å². The summed E-state index contributed by atoms with van der Waals surface area (Å²) in [5.41, 5.74) is 0.889. The fourth-order valence-corrected chi connectivity index (χ4v) is 3.67. The van der Waals surface area contributed by atoms with Gasteiger partial charge in [0, 0.05) is 24.6 Å². The van der Waals surface area contributed by atoms with Crippen molar-refractivity contribution in [3.8, 4) is 6.07 Å². The molecule has 3 unspecified atom stereocenters. The van der Waals surface area contributed by atoms with Crippen LogP contribution in [0.25, 0.3) is 0 Å². The Balaban J connectivity index is 1.94. The van der Waals surface area contributed by atoms with E-state index in [9.17, 15) is 20.5 Å². The first kappa shape index (κ1) is 15.7. The lowest BCUT2D eigenvalue weighted by molar-refractivity contribution is -0.384. The smallest absolute Gasteiger partial charge is 0.270 e. The summed E-state index contributed by atoms with van der Waals surface area (Å²) >= 11 is 0. The highest BCUT2D eigenvalue weighted by Gasteiger charge is 2.38. The number of non-ortho nitro benzene ring substituents is 1. The van der Waals surface area contributed by atoms with Crippen molar-refractivity contribution in [1.29, 1.82) is 5.26 Å². The van der Waals surface area contributed by atoms with Crippen LogP contribution in [0, 0.1) is 27.4 Å². The number of hydrogen-bond donors (Lipinski definition) is 1. The van der Waals surface area contributed by atoms with Gasteiger partial charge in [0.1, 0.15) is 6.07 Å². The molecule has 2 fully saturated rings. The van der Waals surface area contributed by atoms with E-state index in [-0.39, 0.29) is 23.8 Å². The number of hydrogen-bond acceptors (Lipinski definition) is 6. The maximum atomic E-state index is 10.9. The largest absolute Gasteiger partial charge is 0.393 e. The molecule has 0 bridgehead atoms. The fraction of sp³-hybridized carbons (Fsp3) is 0.562. The molecule has 3 atom stereocenters. The minimum atomic E-state index is -0.498. The molecule has 1 saturated heterocycles. The molecular weight excluding hydrogens is 298 g/mol. The van der Waals surface area contributed by atoms with E-state index in [1.165, 1.54) is 12.1 Å². The zero-order chi connectivity index (χ0) is 16.4. The van der Waals surface area contributed by atoms with Gasteiger partial charge in [-0.3, -0.25) is 10.1 Å². The zero-order valence-electron chi connectivity index (χ0n) is 12.7. The molecule has 7 nitrogen and oxygen atoms in total. The molecule has 0 spiro atoms. The quantitative estimate of drug-likeness (QED) is 0.674. The fourth-order valence-electron chi connectivity index (χ4n) is 3.67. The van der Waals surface area contributed by atoms with Crippen LogP contribution in [-0.4, -0.2) is 41.9 Å². The number of nitro groups is 1. The van der Waals surface area contributed by atoms with Gasteiger partial charge in [-0.05, 0) is 18.9 Å². The number of nitriles is 1. The summed E-state index contributed by atoms with van der Waals surface area (Å²) in [6, 6.07) is 6.43. The third-order valence-electron chi connectivity index (χ3n) is 4.81. The van der Waals surface area contributed by atoms with Crippen molar-refractivity contribution >= 4 is 11.4 Å². The molecule has 1 saturated carbocycles. The molecular formula is C16H19N3O4. The standard InChI is InChI=1S/C16H19N3O4/c17-9-11-8-12(19(21)22)4-5-14(11)18-6-7-23-10-15(18)13-2-1-3-16(13)20/h4-5,8,13,15-16,20H,1-3,6-7,10H2. The SMILES string of the molecule is N#Cc1cc([N+](=O)[O-])ccc1N1CCOCC1C1CCCC1O. The van der Waals surface area contributed by atoms with E-state index in [0.717, 1.165) is 19.3 Å². The van der Waals surface area contributed by atoms with Crippen LogP contribution in [0.5, 0.6) is 0 Å². The highest BCUT2D eigenvalue weighted by Crippen LogP contribution is 2.36. The number of benzene rings is 1. The number of aliphatic hydroxyl groups is 1. The first-order chi connectivity index (χ1) is 11.1. The van der Waals surface area contributed by atoms with Gasteiger partial charge in [-0.2, -0.15) is 5.26 Å². The Bertz CT molecular complexity index is 643. The Labute approximate surface area is 134 Å². The van der Waals surface area contributed by atoms with Gasteiger partial charge in [0.15, 0.2) is 0 Å². The lowest BCUT2D eigenvalue weighted by Crippen LogP contribution is -2.51. The normalized spacial score (nSPS) is 27.7. The second-order valence-electron chi connectivity index (χ2n) is 6.07. The average Bonchev–Trinajstić information content (AvgIpc) is 3.00. The van der Waals surface area contributed by atoms with Gasteiger partial charge >= 0.3 is 0 Å². The van der Waals surface area contributed by atoms with E-state index in [0.29, 0.717) is 31.0 Å². The van der Waals surface area contributed by atoms with E-state index in [2.05, 4.69) is 11.0 Å². The van der Waals surface area contributed by atoms with Gasteiger partial charge in [-0.25, -0.2) is 0 Å². The average molecular weight is 317 g/mol. The first-order valence-corrected chi connectivity index (χ1v) is 7.83. The van der Waals surface area contributed by atoms with Crippen LogP contribution in [0.3, 0.4) is 0 Å². The monoisotopic (exact) mass is 317 g/mol. The molecule has 3 rings (SSSR count). The topological polar surface area (TPSA) is 99.6 Å². The molecule has 1 aliphatic carbocycles. The molecule has 0 aromatic heterocycles. The molecule has 1 N–H and O–H groups in total. The third kappa shape index (κ3) is 3.00. The summed E-state index contributed by atoms with van der Waals surface area (Å²) in [4.78, 5) is 12.5. The summed E-state index contributed by atoms with van der Waals surface area (Å²) < 4.78 is 5.59. The van der Waals surface area contributed by atoms with E-state index >= 15 is 0 Å². The molecule has 7 heteroatoms. The molecule has 1 aromatic carbocycles. The third-order valence-corrected chi connectivity index (χ3v) is 4.81. The molecule has 1 aliphatic heterocycles. The predicted molar refractivity (Wildman–Crippen MR) is 83.1 cm³/mol. The molecule has 23 heavy (non-hydrogen) atoms. The summed E-state index contributed by atoms with van der Waals surface area (Å²) in [6.07, 6.45) is 2.36. The van der Waals surface area contributed by atoms with Crippen LogP contribution in [0.2, 0.25) is 0 Å². The molecule has 2 aliphatic rings. The highest BCUT2D eigenvalue weighted by atomic mass is 16.6. The van der Waals surface area contributed by atoms with Crippen molar-refractivity contribution in [3.05, 3.63) is 33.9 Å². The van der Waals surface area contributed by atoms with Crippen LogP contribution in [0.4, 0.5) is 11.4 Å².